The zero-order valence-corrected chi connectivity index (χ0v) is 21.8. The van der Waals surface area contributed by atoms with Gasteiger partial charge in [0.15, 0.2) is 5.43 Å². The van der Waals surface area contributed by atoms with Gasteiger partial charge in [0.1, 0.15) is 5.83 Å². The van der Waals surface area contributed by atoms with E-state index in [0.717, 1.165) is 30.8 Å². The van der Waals surface area contributed by atoms with Crippen molar-refractivity contribution in [3.05, 3.63) is 111 Å². The summed E-state index contributed by atoms with van der Waals surface area (Å²) in [5.41, 5.74) is 1.06. The van der Waals surface area contributed by atoms with Gasteiger partial charge in [-0.1, -0.05) is 35.5 Å². The van der Waals surface area contributed by atoms with Crippen LogP contribution < -0.4 is 10.7 Å². The summed E-state index contributed by atoms with van der Waals surface area (Å²) in [6.07, 6.45) is -1.06. The summed E-state index contributed by atoms with van der Waals surface area (Å²) < 4.78 is 62.1. The average molecular weight is 564 g/mol. The van der Waals surface area contributed by atoms with Crippen LogP contribution in [0.15, 0.2) is 63.8 Å². The van der Waals surface area contributed by atoms with Crippen LogP contribution in [0, 0.1) is 12.1 Å². The van der Waals surface area contributed by atoms with Crippen LogP contribution in [0.25, 0.3) is 17.5 Å². The third kappa shape index (κ3) is 5.66. The molecule has 210 valence electrons. The number of rotatable bonds is 6. The molecule has 1 N–H and O–H groups in total. The molecule has 1 fully saturated rings. The zero-order valence-electron chi connectivity index (χ0n) is 21.8. The number of hydrogen-bond acceptors (Lipinski definition) is 6. The standard InChI is InChI=1S/C30H25F4N5O2/c31-24-15-22-25(16-26(24)38-12-10-35-11-13-38)39(17-20-6-8-21(9-7-20)30(32,33)34)18-23(28(22)40)29-36-27(41-37-29)14-19-4-2-1-3-5-19/h1-2,4,6-9,15,18,26,35H,10-14,16-17H2. The second kappa shape index (κ2) is 11.0. The van der Waals surface area contributed by atoms with E-state index in [-0.39, 0.29) is 42.2 Å². The molecule has 1 saturated heterocycles. The molecule has 0 amide bonds. The van der Waals surface area contributed by atoms with Crippen molar-refractivity contribution in [1.82, 2.24) is 24.9 Å². The van der Waals surface area contributed by atoms with E-state index in [1.54, 1.807) is 22.9 Å². The molecule has 1 aliphatic carbocycles. The van der Waals surface area contributed by atoms with E-state index < -0.39 is 29.0 Å². The highest BCUT2D eigenvalue weighted by atomic mass is 19.4. The predicted molar refractivity (Wildman–Crippen MR) is 142 cm³/mol. The molecule has 4 aromatic rings. The summed E-state index contributed by atoms with van der Waals surface area (Å²) in [6, 6.07) is 15.5. The minimum absolute atomic E-state index is 0.0481. The number of alkyl halides is 3. The van der Waals surface area contributed by atoms with Gasteiger partial charge < -0.3 is 14.4 Å². The van der Waals surface area contributed by atoms with Gasteiger partial charge in [0, 0.05) is 62.2 Å². The molecule has 41 heavy (non-hydrogen) atoms. The lowest BCUT2D eigenvalue weighted by molar-refractivity contribution is -0.137. The molecule has 3 heterocycles. The van der Waals surface area contributed by atoms with Gasteiger partial charge in [0.2, 0.25) is 11.7 Å². The Morgan fingerprint density at radius 2 is 1.90 bits per heavy atom. The van der Waals surface area contributed by atoms with Crippen molar-refractivity contribution in [2.45, 2.75) is 31.6 Å². The van der Waals surface area contributed by atoms with Crippen LogP contribution in [0.5, 0.6) is 0 Å². The van der Waals surface area contributed by atoms with Gasteiger partial charge >= 0.3 is 6.18 Å². The smallest absolute Gasteiger partial charge is 0.345 e. The van der Waals surface area contributed by atoms with Gasteiger partial charge in [-0.15, -0.1) is 0 Å². The highest BCUT2D eigenvalue weighted by Crippen LogP contribution is 2.31. The third-order valence-corrected chi connectivity index (χ3v) is 7.41. The number of hydrogen-bond donors (Lipinski definition) is 1. The molecule has 1 unspecified atom stereocenters. The summed E-state index contributed by atoms with van der Waals surface area (Å²) >= 11 is 0. The molecule has 0 bridgehead atoms. The second-order valence-electron chi connectivity index (χ2n) is 10.1. The van der Waals surface area contributed by atoms with Gasteiger partial charge in [0.05, 0.1) is 23.6 Å². The van der Waals surface area contributed by atoms with Crippen molar-refractivity contribution >= 4 is 6.08 Å². The fourth-order valence-electron chi connectivity index (χ4n) is 5.30. The highest BCUT2D eigenvalue weighted by molar-refractivity contribution is 5.65. The number of pyridine rings is 1. The summed E-state index contributed by atoms with van der Waals surface area (Å²) in [7, 11) is 0. The van der Waals surface area contributed by atoms with E-state index >= 15 is 4.39 Å². The predicted octanol–water partition coefficient (Wildman–Crippen LogP) is 4.30. The summed E-state index contributed by atoms with van der Waals surface area (Å²) in [5, 5.41) is 7.26. The molecule has 0 saturated carbocycles. The van der Waals surface area contributed by atoms with Crippen LogP contribution in [0.1, 0.15) is 33.8 Å². The quantitative estimate of drug-likeness (QED) is 0.353. The van der Waals surface area contributed by atoms with Crippen molar-refractivity contribution in [3.8, 4) is 11.4 Å². The van der Waals surface area contributed by atoms with E-state index in [4.69, 9.17) is 4.52 Å². The van der Waals surface area contributed by atoms with E-state index in [9.17, 15) is 18.0 Å². The fourth-order valence-corrected chi connectivity index (χ4v) is 5.30. The Balaban J connectivity index is 1.40. The van der Waals surface area contributed by atoms with Gasteiger partial charge in [-0.05, 0) is 35.9 Å². The van der Waals surface area contributed by atoms with Crippen LogP contribution in [0.4, 0.5) is 17.6 Å². The maximum atomic E-state index is 15.5. The SMILES string of the molecule is O=c1c(-c2noc(Cc3c#cccc3)n2)cn(Cc2ccc(C(F)(F)F)cc2)c2c1C=C(F)C(N1CCNCC1)C2. The fraction of sp³-hybridized carbons (Fsp3) is 0.300. The Morgan fingerprint density at radius 3 is 2.61 bits per heavy atom. The van der Waals surface area contributed by atoms with E-state index in [0.29, 0.717) is 24.3 Å². The number of halogens is 4. The van der Waals surface area contributed by atoms with Gasteiger partial charge in [-0.2, -0.15) is 18.2 Å². The number of nitrogens with one attached hydrogen (secondary N) is 1. The lowest BCUT2D eigenvalue weighted by Crippen LogP contribution is -2.50. The molecule has 2 aromatic heterocycles. The lowest BCUT2D eigenvalue weighted by Gasteiger charge is -2.36. The van der Waals surface area contributed by atoms with Gasteiger partial charge in [-0.3, -0.25) is 9.69 Å². The largest absolute Gasteiger partial charge is 0.416 e. The molecule has 0 radical (unpaired) electrons. The lowest BCUT2D eigenvalue weighted by atomic mass is 9.93. The van der Waals surface area contributed by atoms with E-state index in [1.807, 2.05) is 11.0 Å². The molecule has 7 nitrogen and oxygen atoms in total. The maximum absolute atomic E-state index is 15.5. The van der Waals surface area contributed by atoms with Gasteiger partial charge in [0.25, 0.3) is 0 Å². The number of nitrogens with zero attached hydrogens (tertiary/aromatic N) is 4. The van der Waals surface area contributed by atoms with Crippen LogP contribution in [-0.2, 0) is 25.6 Å². The molecule has 2 aliphatic rings. The first-order chi connectivity index (χ1) is 19.8. The Labute approximate surface area is 233 Å². The number of piperazine rings is 1. The van der Waals surface area contributed by atoms with Crippen LogP contribution in [-0.4, -0.2) is 51.8 Å². The highest BCUT2D eigenvalue weighted by Gasteiger charge is 2.33. The Bertz CT molecular complexity index is 1620. The van der Waals surface area contributed by atoms with Crippen molar-refractivity contribution in [2.24, 2.45) is 0 Å². The summed E-state index contributed by atoms with van der Waals surface area (Å²) in [6.45, 7) is 2.94. The first-order valence-electron chi connectivity index (χ1n) is 13.2. The Morgan fingerprint density at radius 1 is 1.12 bits per heavy atom. The van der Waals surface area contributed by atoms with Crippen LogP contribution in [0.3, 0.4) is 0 Å². The monoisotopic (exact) mass is 563 g/mol. The first kappa shape index (κ1) is 26.9. The summed E-state index contributed by atoms with van der Waals surface area (Å²) in [5.74, 6) is -0.0888. The molecule has 1 atom stereocenters. The number of aromatic nitrogens is 3. The Kier molecular flexibility index (Phi) is 7.19. The van der Waals surface area contributed by atoms with E-state index in [1.165, 1.54) is 18.2 Å². The number of benzene rings is 1. The Hall–Kier alpha value is -4.27. The molecule has 0 spiro atoms. The molecule has 6 rings (SSSR count). The van der Waals surface area contributed by atoms with Gasteiger partial charge in [-0.25, -0.2) is 4.39 Å². The molecular formula is C30H25F4N5O2. The zero-order chi connectivity index (χ0) is 28.6. The van der Waals surface area contributed by atoms with Crippen molar-refractivity contribution in [3.63, 3.8) is 0 Å². The molecule has 2 aromatic carbocycles. The van der Waals surface area contributed by atoms with Crippen molar-refractivity contribution in [2.75, 3.05) is 26.2 Å². The maximum Gasteiger partial charge on any atom is 0.416 e. The van der Waals surface area contributed by atoms with Crippen LogP contribution >= 0.6 is 0 Å². The molecular weight excluding hydrogens is 538 g/mol. The van der Waals surface area contributed by atoms with E-state index in [2.05, 4.69) is 27.6 Å². The first-order valence-corrected chi connectivity index (χ1v) is 13.2. The third-order valence-electron chi connectivity index (χ3n) is 7.41. The normalized spacial score (nSPS) is 17.6. The summed E-state index contributed by atoms with van der Waals surface area (Å²) in [4.78, 5) is 20.1. The molecule has 11 heteroatoms. The minimum atomic E-state index is -4.45. The average Bonchev–Trinajstić information content (AvgIpc) is 3.43. The topological polar surface area (TPSA) is 76.2 Å². The minimum Gasteiger partial charge on any atom is -0.345 e. The second-order valence-corrected chi connectivity index (χ2v) is 10.1. The van der Waals surface area contributed by atoms with Crippen molar-refractivity contribution in [1.29, 1.82) is 0 Å². The molecule has 1 aliphatic heterocycles. The number of fused-ring (bicyclic) bond motifs is 1. The van der Waals surface area contributed by atoms with Crippen molar-refractivity contribution < 1.29 is 22.1 Å². The van der Waals surface area contributed by atoms with Crippen LogP contribution in [0.2, 0.25) is 0 Å².